The van der Waals surface area contributed by atoms with E-state index in [0.29, 0.717) is 25.9 Å². The minimum Gasteiger partial charge on any atom is -0.464 e. The highest BCUT2D eigenvalue weighted by molar-refractivity contribution is 5.90. The number of fused-ring (bicyclic) bond motifs is 1. The van der Waals surface area contributed by atoms with Crippen LogP contribution in [0, 0.1) is 19.8 Å². The standard InChI is InChI=1S/C17H20N2O3/c1-10-3-4-14-13(9-22-16(14)11(10)2)7-15(20)19-6-5-12(8-19)17(18)21/h3-4,9,12H,5-8H2,1-2H3,(H2,18,21)/t12-/m1/s1. The molecule has 0 unspecified atom stereocenters. The summed E-state index contributed by atoms with van der Waals surface area (Å²) in [6.07, 6.45) is 2.61. The zero-order valence-electron chi connectivity index (χ0n) is 12.9. The molecule has 1 saturated heterocycles. The lowest BCUT2D eigenvalue weighted by Crippen LogP contribution is -2.32. The highest BCUT2D eigenvalue weighted by Crippen LogP contribution is 2.27. The molecule has 0 aliphatic carbocycles. The van der Waals surface area contributed by atoms with Gasteiger partial charge in [0.25, 0.3) is 0 Å². The molecular formula is C17H20N2O3. The van der Waals surface area contributed by atoms with E-state index in [-0.39, 0.29) is 17.7 Å². The number of benzene rings is 1. The lowest BCUT2D eigenvalue weighted by Gasteiger charge is -2.15. The highest BCUT2D eigenvalue weighted by Gasteiger charge is 2.29. The van der Waals surface area contributed by atoms with Crippen LogP contribution in [0.1, 0.15) is 23.1 Å². The van der Waals surface area contributed by atoms with E-state index in [9.17, 15) is 9.59 Å². The quantitative estimate of drug-likeness (QED) is 0.941. The van der Waals surface area contributed by atoms with Crippen molar-refractivity contribution in [2.45, 2.75) is 26.7 Å². The van der Waals surface area contributed by atoms with E-state index in [1.54, 1.807) is 11.2 Å². The summed E-state index contributed by atoms with van der Waals surface area (Å²) in [6.45, 7) is 5.09. The number of furan rings is 1. The Kier molecular flexibility index (Phi) is 3.64. The number of nitrogens with zero attached hydrogens (tertiary/aromatic N) is 1. The number of carbonyl (C=O) groups is 2. The second-order valence-electron chi connectivity index (χ2n) is 6.05. The van der Waals surface area contributed by atoms with Gasteiger partial charge < -0.3 is 15.1 Å². The average Bonchev–Trinajstić information content (AvgIpc) is 3.10. The first kappa shape index (κ1) is 14.6. The van der Waals surface area contributed by atoms with Gasteiger partial charge in [0.2, 0.25) is 11.8 Å². The van der Waals surface area contributed by atoms with Crippen molar-refractivity contribution >= 4 is 22.8 Å². The van der Waals surface area contributed by atoms with E-state index in [1.165, 1.54) is 5.56 Å². The second-order valence-corrected chi connectivity index (χ2v) is 6.05. The number of rotatable bonds is 3. The van der Waals surface area contributed by atoms with Gasteiger partial charge in [-0.1, -0.05) is 12.1 Å². The van der Waals surface area contributed by atoms with Gasteiger partial charge in [-0.15, -0.1) is 0 Å². The van der Waals surface area contributed by atoms with E-state index in [1.807, 2.05) is 26.0 Å². The van der Waals surface area contributed by atoms with Crippen molar-refractivity contribution in [1.82, 2.24) is 4.90 Å². The smallest absolute Gasteiger partial charge is 0.227 e. The van der Waals surface area contributed by atoms with Crippen LogP contribution in [0.3, 0.4) is 0 Å². The fourth-order valence-corrected chi connectivity index (χ4v) is 3.02. The Morgan fingerprint density at radius 3 is 2.82 bits per heavy atom. The predicted molar refractivity (Wildman–Crippen MR) is 83.3 cm³/mol. The van der Waals surface area contributed by atoms with E-state index < -0.39 is 0 Å². The summed E-state index contributed by atoms with van der Waals surface area (Å²) in [6, 6.07) is 4.04. The average molecular weight is 300 g/mol. The number of likely N-dealkylation sites (tertiary alicyclic amines) is 1. The zero-order chi connectivity index (χ0) is 15.9. The number of hydrogen-bond donors (Lipinski definition) is 1. The first-order valence-electron chi connectivity index (χ1n) is 7.50. The zero-order valence-corrected chi connectivity index (χ0v) is 12.9. The van der Waals surface area contributed by atoms with Crippen LogP contribution < -0.4 is 5.73 Å². The first-order valence-corrected chi connectivity index (χ1v) is 7.50. The Labute approximate surface area is 129 Å². The normalized spacial score (nSPS) is 18.1. The lowest BCUT2D eigenvalue weighted by molar-refractivity contribution is -0.129. The number of hydrogen-bond acceptors (Lipinski definition) is 3. The maximum atomic E-state index is 12.4. The maximum absolute atomic E-state index is 12.4. The van der Waals surface area contributed by atoms with Gasteiger partial charge in [-0.25, -0.2) is 0 Å². The fraction of sp³-hybridized carbons (Fsp3) is 0.412. The molecule has 22 heavy (non-hydrogen) atoms. The fourth-order valence-electron chi connectivity index (χ4n) is 3.02. The molecule has 0 saturated carbocycles. The Bertz CT molecular complexity index is 748. The second kappa shape index (κ2) is 5.48. The monoisotopic (exact) mass is 300 g/mol. The molecule has 1 atom stereocenters. The molecule has 0 radical (unpaired) electrons. The molecule has 2 aromatic rings. The highest BCUT2D eigenvalue weighted by atomic mass is 16.3. The van der Waals surface area contributed by atoms with Gasteiger partial charge in [-0.3, -0.25) is 9.59 Å². The van der Waals surface area contributed by atoms with E-state index in [0.717, 1.165) is 22.1 Å². The van der Waals surface area contributed by atoms with Gasteiger partial charge in [0, 0.05) is 24.0 Å². The van der Waals surface area contributed by atoms with Crippen molar-refractivity contribution in [2.75, 3.05) is 13.1 Å². The molecule has 5 heteroatoms. The van der Waals surface area contributed by atoms with E-state index in [2.05, 4.69) is 0 Å². The number of primary amides is 1. The van der Waals surface area contributed by atoms with Crippen LogP contribution in [0.5, 0.6) is 0 Å². The van der Waals surface area contributed by atoms with Gasteiger partial charge in [-0.2, -0.15) is 0 Å². The SMILES string of the molecule is Cc1ccc2c(CC(=O)N3CC[C@@H](C(N)=O)C3)coc2c1C. The molecule has 2 N–H and O–H groups in total. The predicted octanol–water partition coefficient (Wildman–Crippen LogP) is 1.93. The number of nitrogens with two attached hydrogens (primary N) is 1. The summed E-state index contributed by atoms with van der Waals surface area (Å²) >= 11 is 0. The van der Waals surface area contributed by atoms with Crippen molar-refractivity contribution < 1.29 is 14.0 Å². The Morgan fingerprint density at radius 1 is 1.36 bits per heavy atom. The first-order chi connectivity index (χ1) is 10.5. The van der Waals surface area contributed by atoms with Gasteiger partial charge in [0.1, 0.15) is 5.58 Å². The lowest BCUT2D eigenvalue weighted by atomic mass is 10.0. The molecular weight excluding hydrogens is 280 g/mol. The largest absolute Gasteiger partial charge is 0.464 e. The van der Waals surface area contributed by atoms with Gasteiger partial charge in [-0.05, 0) is 31.4 Å². The Morgan fingerprint density at radius 2 is 2.14 bits per heavy atom. The van der Waals surface area contributed by atoms with Crippen LogP contribution in [0.4, 0.5) is 0 Å². The van der Waals surface area contributed by atoms with Gasteiger partial charge in [0.15, 0.2) is 0 Å². The van der Waals surface area contributed by atoms with Crippen molar-refractivity contribution in [3.63, 3.8) is 0 Å². The molecule has 1 aliphatic heterocycles. The van der Waals surface area contributed by atoms with Crippen LogP contribution in [0.25, 0.3) is 11.0 Å². The summed E-state index contributed by atoms with van der Waals surface area (Å²) < 4.78 is 5.64. The number of aryl methyl sites for hydroxylation is 2. The van der Waals surface area contributed by atoms with Gasteiger partial charge in [0.05, 0.1) is 18.6 Å². The van der Waals surface area contributed by atoms with Crippen LogP contribution in [-0.4, -0.2) is 29.8 Å². The summed E-state index contributed by atoms with van der Waals surface area (Å²) in [7, 11) is 0. The van der Waals surface area contributed by atoms with Crippen molar-refractivity contribution in [3.8, 4) is 0 Å². The van der Waals surface area contributed by atoms with E-state index >= 15 is 0 Å². The summed E-state index contributed by atoms with van der Waals surface area (Å²) in [5, 5.41) is 0.988. The summed E-state index contributed by atoms with van der Waals surface area (Å²) in [4.78, 5) is 25.3. The van der Waals surface area contributed by atoms with E-state index in [4.69, 9.17) is 10.2 Å². The van der Waals surface area contributed by atoms with Gasteiger partial charge >= 0.3 is 0 Å². The Hall–Kier alpha value is -2.30. The number of amides is 2. The molecule has 1 aliphatic rings. The molecule has 3 rings (SSSR count). The third-order valence-corrected chi connectivity index (χ3v) is 4.63. The molecule has 1 aromatic carbocycles. The minimum atomic E-state index is -0.324. The third kappa shape index (κ3) is 2.47. The molecule has 2 heterocycles. The molecule has 1 aromatic heterocycles. The summed E-state index contributed by atoms with van der Waals surface area (Å²) in [5.74, 6) is -0.519. The summed E-state index contributed by atoms with van der Waals surface area (Å²) in [5.41, 5.74) is 9.32. The molecule has 5 nitrogen and oxygen atoms in total. The van der Waals surface area contributed by atoms with Crippen LogP contribution >= 0.6 is 0 Å². The van der Waals surface area contributed by atoms with Crippen molar-refractivity contribution in [1.29, 1.82) is 0 Å². The Balaban J connectivity index is 1.78. The topological polar surface area (TPSA) is 76.5 Å². The maximum Gasteiger partial charge on any atom is 0.227 e. The molecule has 1 fully saturated rings. The third-order valence-electron chi connectivity index (χ3n) is 4.63. The number of carbonyl (C=O) groups excluding carboxylic acids is 2. The van der Waals surface area contributed by atoms with Crippen molar-refractivity contribution in [3.05, 3.63) is 35.1 Å². The van der Waals surface area contributed by atoms with Crippen LogP contribution in [0.15, 0.2) is 22.8 Å². The molecule has 0 bridgehead atoms. The minimum absolute atomic E-state index is 0.0182. The van der Waals surface area contributed by atoms with Crippen LogP contribution in [0.2, 0.25) is 0 Å². The molecule has 0 spiro atoms. The van der Waals surface area contributed by atoms with Crippen LogP contribution in [-0.2, 0) is 16.0 Å². The van der Waals surface area contributed by atoms with Crippen molar-refractivity contribution in [2.24, 2.45) is 11.7 Å². The molecule has 2 amide bonds. The molecule has 116 valence electrons.